The van der Waals surface area contributed by atoms with Crippen molar-refractivity contribution >= 4 is 34.6 Å². The van der Waals surface area contributed by atoms with Crippen molar-refractivity contribution in [2.75, 3.05) is 26.2 Å². The van der Waals surface area contributed by atoms with E-state index in [0.29, 0.717) is 5.56 Å². The summed E-state index contributed by atoms with van der Waals surface area (Å²) in [5, 5.41) is 9.32. The Morgan fingerprint density at radius 3 is 2.10 bits per heavy atom. The van der Waals surface area contributed by atoms with Gasteiger partial charge in [-0.2, -0.15) is 0 Å². The number of benzene rings is 2. The van der Waals surface area contributed by atoms with Crippen molar-refractivity contribution in [3.05, 3.63) is 71.7 Å². The molecule has 2 amide bonds. The van der Waals surface area contributed by atoms with E-state index < -0.39 is 23.6 Å². The van der Waals surface area contributed by atoms with E-state index in [-0.39, 0.29) is 48.6 Å². The van der Waals surface area contributed by atoms with Crippen molar-refractivity contribution in [2.24, 2.45) is 0 Å². The van der Waals surface area contributed by atoms with E-state index in [9.17, 15) is 28.7 Å². The Bertz CT molecular complexity index is 1200. The molecule has 1 aromatic heterocycles. The SMILES string of the molecule is O=C(O)c1ccc(F)c2ccn(C(=O)C(=O)N3CCN(C(=O)c4ccccc4)CC3)c12. The van der Waals surface area contributed by atoms with E-state index in [1.54, 1.807) is 29.2 Å². The van der Waals surface area contributed by atoms with Crippen LogP contribution in [0.1, 0.15) is 25.5 Å². The lowest BCUT2D eigenvalue weighted by molar-refractivity contribution is -0.128. The lowest BCUT2D eigenvalue weighted by atomic mass is 10.1. The number of rotatable bonds is 2. The van der Waals surface area contributed by atoms with Gasteiger partial charge in [-0.25, -0.2) is 9.18 Å². The minimum Gasteiger partial charge on any atom is -0.478 e. The van der Waals surface area contributed by atoms with Gasteiger partial charge < -0.3 is 14.9 Å². The standard InChI is InChI=1S/C22H18FN3O5/c23-17-7-6-16(22(30)31)18-15(17)8-9-26(18)21(29)20(28)25-12-10-24(11-13-25)19(27)14-4-2-1-3-5-14/h1-9H,10-13H2,(H,30,31). The molecule has 2 aromatic carbocycles. The Balaban J connectivity index is 1.51. The number of nitrogens with zero attached hydrogens (tertiary/aromatic N) is 3. The summed E-state index contributed by atoms with van der Waals surface area (Å²) in [4.78, 5) is 52.5. The maximum atomic E-state index is 14.1. The highest BCUT2D eigenvalue weighted by Crippen LogP contribution is 2.24. The zero-order valence-corrected chi connectivity index (χ0v) is 16.3. The van der Waals surface area contributed by atoms with Crippen LogP contribution >= 0.6 is 0 Å². The van der Waals surface area contributed by atoms with E-state index in [1.807, 2.05) is 6.07 Å². The normalized spacial score (nSPS) is 14.0. The van der Waals surface area contributed by atoms with Crippen LogP contribution in [0.3, 0.4) is 0 Å². The molecule has 1 aliphatic heterocycles. The number of carbonyl (C=O) groups excluding carboxylic acids is 3. The first-order chi connectivity index (χ1) is 14.9. The molecule has 0 unspecified atom stereocenters. The van der Waals surface area contributed by atoms with Crippen LogP contribution in [0.2, 0.25) is 0 Å². The lowest BCUT2D eigenvalue weighted by Crippen LogP contribution is -2.52. The van der Waals surface area contributed by atoms with E-state index in [2.05, 4.69) is 0 Å². The molecule has 0 spiro atoms. The van der Waals surface area contributed by atoms with Crippen LogP contribution in [0, 0.1) is 5.82 Å². The van der Waals surface area contributed by atoms with Crippen molar-refractivity contribution in [3.8, 4) is 0 Å². The molecule has 0 aliphatic carbocycles. The zero-order chi connectivity index (χ0) is 22.1. The Morgan fingerprint density at radius 2 is 1.45 bits per heavy atom. The highest BCUT2D eigenvalue weighted by atomic mass is 19.1. The highest BCUT2D eigenvalue weighted by molar-refractivity contribution is 6.37. The minimum absolute atomic E-state index is 0.0562. The molecule has 0 saturated carbocycles. The fourth-order valence-electron chi connectivity index (χ4n) is 3.68. The lowest BCUT2D eigenvalue weighted by Gasteiger charge is -2.34. The number of halogens is 1. The fourth-order valence-corrected chi connectivity index (χ4v) is 3.68. The number of aromatic nitrogens is 1. The van der Waals surface area contributed by atoms with Crippen LogP contribution < -0.4 is 0 Å². The van der Waals surface area contributed by atoms with Gasteiger partial charge in [0.25, 0.3) is 5.91 Å². The quantitative estimate of drug-likeness (QED) is 0.637. The molecule has 1 N–H and O–H groups in total. The number of hydrogen-bond acceptors (Lipinski definition) is 4. The van der Waals surface area contributed by atoms with Gasteiger partial charge in [-0.15, -0.1) is 0 Å². The van der Waals surface area contributed by atoms with Crippen LogP contribution in [-0.2, 0) is 4.79 Å². The van der Waals surface area contributed by atoms with Gasteiger partial charge >= 0.3 is 17.8 Å². The molecule has 0 atom stereocenters. The zero-order valence-electron chi connectivity index (χ0n) is 16.3. The molecule has 2 heterocycles. The number of carboxylic acids is 1. The molecular weight excluding hydrogens is 405 g/mol. The molecule has 0 bridgehead atoms. The van der Waals surface area contributed by atoms with Crippen LogP contribution in [0.4, 0.5) is 4.39 Å². The van der Waals surface area contributed by atoms with Gasteiger partial charge in [0.2, 0.25) is 0 Å². The van der Waals surface area contributed by atoms with Gasteiger partial charge in [-0.05, 0) is 30.3 Å². The van der Waals surface area contributed by atoms with Crippen LogP contribution in [0.15, 0.2) is 54.7 Å². The van der Waals surface area contributed by atoms with Gasteiger partial charge in [0.05, 0.1) is 11.1 Å². The summed E-state index contributed by atoms with van der Waals surface area (Å²) < 4.78 is 14.9. The molecule has 0 radical (unpaired) electrons. The van der Waals surface area contributed by atoms with Crippen molar-refractivity contribution in [1.82, 2.24) is 14.4 Å². The van der Waals surface area contributed by atoms with Gasteiger partial charge in [0, 0.05) is 43.3 Å². The third kappa shape index (κ3) is 3.65. The second-order valence-corrected chi connectivity index (χ2v) is 7.10. The molecule has 1 aliphatic rings. The number of fused-ring (bicyclic) bond motifs is 1. The topological polar surface area (TPSA) is 99.9 Å². The summed E-state index contributed by atoms with van der Waals surface area (Å²) in [5.41, 5.74) is 0.102. The summed E-state index contributed by atoms with van der Waals surface area (Å²) in [6.07, 6.45) is 1.19. The first-order valence-electron chi connectivity index (χ1n) is 9.59. The van der Waals surface area contributed by atoms with Crippen LogP contribution in [-0.4, -0.2) is 69.3 Å². The van der Waals surface area contributed by atoms with Crippen molar-refractivity contribution in [3.63, 3.8) is 0 Å². The average Bonchev–Trinajstić information content (AvgIpc) is 3.24. The largest absolute Gasteiger partial charge is 0.478 e. The molecule has 4 rings (SSSR count). The predicted molar refractivity (Wildman–Crippen MR) is 108 cm³/mol. The summed E-state index contributed by atoms with van der Waals surface area (Å²) in [6, 6.07) is 12.1. The van der Waals surface area contributed by atoms with Crippen LogP contribution in [0.5, 0.6) is 0 Å². The van der Waals surface area contributed by atoms with Crippen molar-refractivity contribution in [2.45, 2.75) is 0 Å². The van der Waals surface area contributed by atoms with Crippen LogP contribution in [0.25, 0.3) is 10.9 Å². The number of amides is 2. The second-order valence-electron chi connectivity index (χ2n) is 7.10. The Kier molecular flexibility index (Phi) is 5.24. The van der Waals surface area contributed by atoms with Gasteiger partial charge in [0.1, 0.15) is 5.82 Å². The first-order valence-corrected chi connectivity index (χ1v) is 9.59. The Morgan fingerprint density at radius 1 is 0.806 bits per heavy atom. The number of carbonyl (C=O) groups is 4. The minimum atomic E-state index is -1.33. The smallest absolute Gasteiger partial charge is 0.337 e. The van der Waals surface area contributed by atoms with Gasteiger partial charge in [0.15, 0.2) is 0 Å². The monoisotopic (exact) mass is 423 g/mol. The summed E-state index contributed by atoms with van der Waals surface area (Å²) in [6.45, 7) is 0.827. The predicted octanol–water partition coefficient (Wildman–Crippen LogP) is 2.10. The third-order valence-corrected chi connectivity index (χ3v) is 5.30. The van der Waals surface area contributed by atoms with E-state index >= 15 is 0 Å². The van der Waals surface area contributed by atoms with Gasteiger partial charge in [-0.1, -0.05) is 18.2 Å². The second kappa shape index (κ2) is 8.02. The third-order valence-electron chi connectivity index (χ3n) is 5.30. The Hall–Kier alpha value is -4.01. The number of carboxylic acid groups (broad SMARTS) is 1. The average molecular weight is 423 g/mol. The van der Waals surface area contributed by atoms with E-state index in [0.717, 1.165) is 16.7 Å². The highest BCUT2D eigenvalue weighted by Gasteiger charge is 2.30. The van der Waals surface area contributed by atoms with Gasteiger partial charge in [-0.3, -0.25) is 19.0 Å². The number of piperazine rings is 1. The number of aromatic carboxylic acids is 1. The maximum Gasteiger partial charge on any atom is 0.337 e. The summed E-state index contributed by atoms with van der Waals surface area (Å²) >= 11 is 0. The molecule has 1 saturated heterocycles. The molecule has 3 aromatic rings. The molecular formula is C22H18FN3O5. The molecule has 158 valence electrons. The molecule has 31 heavy (non-hydrogen) atoms. The van der Waals surface area contributed by atoms with Crippen molar-refractivity contribution in [1.29, 1.82) is 0 Å². The summed E-state index contributed by atoms with van der Waals surface area (Å²) in [5.74, 6) is -4.00. The van der Waals surface area contributed by atoms with Crippen molar-refractivity contribution < 1.29 is 28.7 Å². The van der Waals surface area contributed by atoms with E-state index in [4.69, 9.17) is 0 Å². The van der Waals surface area contributed by atoms with E-state index in [1.165, 1.54) is 17.2 Å². The molecule has 8 nitrogen and oxygen atoms in total. The Labute approximate surface area is 176 Å². The number of hydrogen-bond donors (Lipinski definition) is 1. The maximum absolute atomic E-state index is 14.1. The molecule has 1 fully saturated rings. The first kappa shape index (κ1) is 20.3. The summed E-state index contributed by atoms with van der Waals surface area (Å²) in [7, 11) is 0. The fraction of sp³-hybridized carbons (Fsp3) is 0.182. The molecule has 9 heteroatoms.